The van der Waals surface area contributed by atoms with Crippen molar-refractivity contribution in [1.29, 1.82) is 0 Å². The molecule has 0 fully saturated rings. The molecule has 3 rings (SSSR count). The van der Waals surface area contributed by atoms with Crippen LogP contribution in [-0.2, 0) is 11.2 Å². The molecule has 0 bridgehead atoms. The molecule has 1 aliphatic heterocycles. The number of pyridine rings is 1. The highest BCUT2D eigenvalue weighted by Gasteiger charge is 2.22. The van der Waals surface area contributed by atoms with Gasteiger partial charge in [0.15, 0.2) is 0 Å². The second-order valence-electron chi connectivity index (χ2n) is 4.98. The second-order valence-corrected chi connectivity index (χ2v) is 6.00. The number of carbonyl (C=O) groups excluding carboxylic acids is 1. The van der Waals surface area contributed by atoms with E-state index >= 15 is 0 Å². The molecule has 0 atom stereocenters. The highest BCUT2D eigenvalue weighted by Crippen LogP contribution is 2.29. The van der Waals surface area contributed by atoms with Crippen LogP contribution in [0.4, 0.5) is 11.4 Å². The lowest BCUT2D eigenvalue weighted by Gasteiger charge is -2.29. The number of nitrogens with two attached hydrogens (primary N) is 1. The van der Waals surface area contributed by atoms with Crippen LogP contribution in [0.5, 0.6) is 0 Å². The molecule has 0 aliphatic carbocycles. The SMILES string of the molecule is Nc1cnccc1SCC(=O)N1CCCc2ccccc21. The van der Waals surface area contributed by atoms with Crippen LogP contribution in [0.25, 0.3) is 0 Å². The molecule has 21 heavy (non-hydrogen) atoms. The lowest BCUT2D eigenvalue weighted by atomic mass is 10.0. The van der Waals surface area contributed by atoms with Gasteiger partial charge in [-0.2, -0.15) is 0 Å². The van der Waals surface area contributed by atoms with E-state index in [4.69, 9.17) is 5.73 Å². The molecule has 1 aromatic heterocycles. The van der Waals surface area contributed by atoms with Crippen LogP contribution in [-0.4, -0.2) is 23.2 Å². The molecule has 2 N–H and O–H groups in total. The van der Waals surface area contributed by atoms with Gasteiger partial charge in [0, 0.05) is 23.3 Å². The third kappa shape index (κ3) is 3.03. The molecule has 4 nitrogen and oxygen atoms in total. The number of hydrogen-bond acceptors (Lipinski definition) is 4. The van der Waals surface area contributed by atoms with Crippen molar-refractivity contribution in [3.63, 3.8) is 0 Å². The van der Waals surface area contributed by atoms with Crippen LogP contribution >= 0.6 is 11.8 Å². The molecular formula is C16H17N3OS. The van der Waals surface area contributed by atoms with Gasteiger partial charge in [-0.1, -0.05) is 18.2 Å². The zero-order chi connectivity index (χ0) is 14.7. The number of hydrogen-bond donors (Lipinski definition) is 1. The predicted molar refractivity (Wildman–Crippen MR) is 86.5 cm³/mol. The van der Waals surface area contributed by atoms with E-state index in [0.717, 1.165) is 30.0 Å². The fraction of sp³-hybridized carbons (Fsp3) is 0.250. The molecule has 0 spiro atoms. The molecule has 1 aromatic carbocycles. The number of thioether (sulfide) groups is 1. The highest BCUT2D eigenvalue weighted by atomic mass is 32.2. The maximum absolute atomic E-state index is 12.5. The van der Waals surface area contributed by atoms with E-state index < -0.39 is 0 Å². The fourth-order valence-electron chi connectivity index (χ4n) is 2.54. The summed E-state index contributed by atoms with van der Waals surface area (Å²) in [4.78, 5) is 19.3. The zero-order valence-corrected chi connectivity index (χ0v) is 12.5. The number of nitrogens with zero attached hydrogens (tertiary/aromatic N) is 2. The van der Waals surface area contributed by atoms with Crippen LogP contribution in [0.1, 0.15) is 12.0 Å². The van der Waals surface area contributed by atoms with Crippen molar-refractivity contribution >= 4 is 29.0 Å². The third-order valence-electron chi connectivity index (χ3n) is 3.57. The molecular weight excluding hydrogens is 282 g/mol. The Morgan fingerprint density at radius 3 is 3.05 bits per heavy atom. The van der Waals surface area contributed by atoms with Gasteiger partial charge >= 0.3 is 0 Å². The van der Waals surface area contributed by atoms with Crippen LogP contribution < -0.4 is 10.6 Å². The molecule has 0 saturated carbocycles. The number of benzene rings is 1. The van der Waals surface area contributed by atoms with E-state index in [1.165, 1.54) is 17.3 Å². The highest BCUT2D eigenvalue weighted by molar-refractivity contribution is 8.00. The molecule has 108 valence electrons. The summed E-state index contributed by atoms with van der Waals surface area (Å²) in [5.74, 6) is 0.520. The minimum absolute atomic E-state index is 0.128. The number of carbonyl (C=O) groups is 1. The third-order valence-corrected chi connectivity index (χ3v) is 4.65. The first-order chi connectivity index (χ1) is 10.3. The Morgan fingerprint density at radius 1 is 1.33 bits per heavy atom. The first kappa shape index (κ1) is 13.9. The van der Waals surface area contributed by atoms with Crippen molar-refractivity contribution in [2.75, 3.05) is 22.9 Å². The summed E-state index contributed by atoms with van der Waals surface area (Å²) < 4.78 is 0. The van der Waals surface area contributed by atoms with Crippen molar-refractivity contribution in [2.45, 2.75) is 17.7 Å². The molecule has 5 heteroatoms. The quantitative estimate of drug-likeness (QED) is 0.885. The van der Waals surface area contributed by atoms with Crippen molar-refractivity contribution in [3.05, 3.63) is 48.3 Å². The van der Waals surface area contributed by atoms with Gasteiger partial charge in [0.1, 0.15) is 0 Å². The van der Waals surface area contributed by atoms with Crippen molar-refractivity contribution in [2.24, 2.45) is 0 Å². The average molecular weight is 299 g/mol. The molecule has 2 aromatic rings. The minimum Gasteiger partial charge on any atom is -0.397 e. The number of amides is 1. The standard InChI is InChI=1S/C16H17N3OS/c17-13-10-18-8-7-15(13)21-11-16(20)19-9-3-5-12-4-1-2-6-14(12)19/h1-2,4,6-8,10H,3,5,9,11,17H2. The Balaban J connectivity index is 1.71. The van der Waals surface area contributed by atoms with E-state index in [1.807, 2.05) is 29.2 Å². The number of fused-ring (bicyclic) bond motifs is 1. The van der Waals surface area contributed by atoms with Gasteiger partial charge in [0.05, 0.1) is 17.6 Å². The van der Waals surface area contributed by atoms with Gasteiger partial charge < -0.3 is 10.6 Å². The Bertz CT molecular complexity index is 659. The van der Waals surface area contributed by atoms with Crippen LogP contribution in [0, 0.1) is 0 Å². The van der Waals surface area contributed by atoms with Crippen LogP contribution in [0.2, 0.25) is 0 Å². The number of nitrogen functional groups attached to an aromatic ring is 1. The number of aromatic nitrogens is 1. The van der Waals surface area contributed by atoms with Gasteiger partial charge in [0.25, 0.3) is 0 Å². The zero-order valence-electron chi connectivity index (χ0n) is 11.7. The van der Waals surface area contributed by atoms with E-state index in [-0.39, 0.29) is 5.91 Å². The first-order valence-electron chi connectivity index (χ1n) is 6.96. The smallest absolute Gasteiger partial charge is 0.237 e. The van der Waals surface area contributed by atoms with Gasteiger partial charge in [-0.05, 0) is 30.5 Å². The molecule has 2 heterocycles. The van der Waals surface area contributed by atoms with Crippen LogP contribution in [0.15, 0.2) is 47.6 Å². The Kier molecular flexibility index (Phi) is 4.10. The summed E-state index contributed by atoms with van der Waals surface area (Å²) in [5.41, 5.74) is 8.78. The monoisotopic (exact) mass is 299 g/mol. The molecule has 0 radical (unpaired) electrons. The first-order valence-corrected chi connectivity index (χ1v) is 7.95. The van der Waals surface area contributed by atoms with E-state index in [1.54, 1.807) is 12.4 Å². The normalized spacial score (nSPS) is 13.8. The van der Waals surface area contributed by atoms with Gasteiger partial charge in [-0.15, -0.1) is 11.8 Å². The van der Waals surface area contributed by atoms with Crippen molar-refractivity contribution in [3.8, 4) is 0 Å². The van der Waals surface area contributed by atoms with E-state index in [9.17, 15) is 4.79 Å². The summed E-state index contributed by atoms with van der Waals surface area (Å²) in [6.45, 7) is 0.794. The molecule has 0 unspecified atom stereocenters. The Labute approximate surface area is 128 Å². The Morgan fingerprint density at radius 2 is 2.19 bits per heavy atom. The number of para-hydroxylation sites is 1. The van der Waals surface area contributed by atoms with E-state index in [0.29, 0.717) is 11.4 Å². The number of aryl methyl sites for hydroxylation is 1. The second kappa shape index (κ2) is 6.18. The molecule has 1 amide bonds. The van der Waals surface area contributed by atoms with Gasteiger partial charge in [-0.25, -0.2) is 0 Å². The summed E-state index contributed by atoms with van der Waals surface area (Å²) in [7, 11) is 0. The average Bonchev–Trinajstić information content (AvgIpc) is 2.53. The lowest BCUT2D eigenvalue weighted by Crippen LogP contribution is -2.36. The van der Waals surface area contributed by atoms with Crippen molar-refractivity contribution in [1.82, 2.24) is 4.98 Å². The summed E-state index contributed by atoms with van der Waals surface area (Å²) >= 11 is 1.47. The topological polar surface area (TPSA) is 59.2 Å². The summed E-state index contributed by atoms with van der Waals surface area (Å²) in [6, 6.07) is 9.98. The largest absolute Gasteiger partial charge is 0.397 e. The van der Waals surface area contributed by atoms with E-state index in [2.05, 4.69) is 11.1 Å². The van der Waals surface area contributed by atoms with Gasteiger partial charge in [-0.3, -0.25) is 9.78 Å². The van der Waals surface area contributed by atoms with Crippen molar-refractivity contribution < 1.29 is 4.79 Å². The van der Waals surface area contributed by atoms with Gasteiger partial charge in [0.2, 0.25) is 5.91 Å². The maximum atomic E-state index is 12.5. The summed E-state index contributed by atoms with van der Waals surface area (Å²) in [5, 5.41) is 0. The lowest BCUT2D eigenvalue weighted by molar-refractivity contribution is -0.116. The predicted octanol–water partition coefficient (Wildman–Crippen LogP) is 2.74. The minimum atomic E-state index is 0.128. The Hall–Kier alpha value is -2.01. The maximum Gasteiger partial charge on any atom is 0.237 e. The molecule has 0 saturated heterocycles. The number of anilines is 2. The summed E-state index contributed by atoms with van der Waals surface area (Å²) in [6.07, 6.45) is 5.37. The van der Waals surface area contributed by atoms with Crippen LogP contribution in [0.3, 0.4) is 0 Å². The molecule has 1 aliphatic rings. The number of rotatable bonds is 3. The fourth-order valence-corrected chi connectivity index (χ4v) is 3.35.